The molecule has 0 spiro atoms. The van der Waals surface area contributed by atoms with E-state index in [0.29, 0.717) is 5.88 Å². The summed E-state index contributed by atoms with van der Waals surface area (Å²) in [5.74, 6) is 0.503. The predicted octanol–water partition coefficient (Wildman–Crippen LogP) is 0.691. The van der Waals surface area contributed by atoms with Gasteiger partial charge in [0.15, 0.2) is 0 Å². The average Bonchev–Trinajstić information content (AvgIpc) is 1.90. The number of ether oxygens (including phenoxy) is 1. The van der Waals surface area contributed by atoms with Crippen molar-refractivity contribution in [1.29, 1.82) is 0 Å². The van der Waals surface area contributed by atoms with Crippen LogP contribution in [0.25, 0.3) is 0 Å². The van der Waals surface area contributed by atoms with Crippen LogP contribution in [-0.4, -0.2) is 12.1 Å². The first-order valence-corrected chi connectivity index (χ1v) is 2.21. The van der Waals surface area contributed by atoms with Crippen LogP contribution in [0.1, 0.15) is 0 Å². The summed E-state index contributed by atoms with van der Waals surface area (Å²) in [6.45, 7) is 0. The highest BCUT2D eigenvalue weighted by Gasteiger charge is 1.83. The highest BCUT2D eigenvalue weighted by Crippen LogP contribution is 1.97. The normalized spacial score (nSPS) is 8.62. The molecule has 0 atom stereocenters. The Hall–Kier alpha value is -1.05. The minimum absolute atomic E-state index is 0.503. The van der Waals surface area contributed by atoms with Crippen LogP contribution in [0, 0.1) is 12.1 Å². The molecule has 1 aromatic heterocycles. The second kappa shape index (κ2) is 2.31. The van der Waals surface area contributed by atoms with Crippen molar-refractivity contribution < 1.29 is 4.74 Å². The van der Waals surface area contributed by atoms with Gasteiger partial charge in [-0.05, 0) is 6.07 Å². The molecule has 1 aromatic rings. The Morgan fingerprint density at radius 3 is 3.00 bits per heavy atom. The van der Waals surface area contributed by atoms with E-state index in [1.807, 2.05) is 0 Å². The van der Waals surface area contributed by atoms with Crippen LogP contribution in [0.3, 0.4) is 0 Å². The summed E-state index contributed by atoms with van der Waals surface area (Å²) in [5, 5.41) is 0. The van der Waals surface area contributed by atoms with Crippen LogP contribution < -0.4 is 4.74 Å². The molecule has 0 fully saturated rings. The molecule has 0 unspecified atom stereocenters. The third-order valence-corrected chi connectivity index (χ3v) is 0.729. The summed E-state index contributed by atoms with van der Waals surface area (Å²) in [5.41, 5.74) is 0. The summed E-state index contributed by atoms with van der Waals surface area (Å²) in [4.78, 5) is 3.76. The standard InChI is InChI=1S/C6H5NO/c1-8-6-4-2-3-5-7-6/h2,5H,1H3. The number of hydrogen-bond acceptors (Lipinski definition) is 2. The molecule has 2 radical (unpaired) electrons. The van der Waals surface area contributed by atoms with Crippen molar-refractivity contribution in [1.82, 2.24) is 4.98 Å². The van der Waals surface area contributed by atoms with E-state index in [1.54, 1.807) is 13.2 Å². The van der Waals surface area contributed by atoms with Crippen LogP contribution in [0.4, 0.5) is 0 Å². The minimum Gasteiger partial charge on any atom is -0.481 e. The largest absolute Gasteiger partial charge is 0.481 e. The van der Waals surface area contributed by atoms with Gasteiger partial charge in [-0.15, -0.1) is 0 Å². The second-order valence-electron chi connectivity index (χ2n) is 1.22. The van der Waals surface area contributed by atoms with Crippen molar-refractivity contribution in [3.8, 4) is 5.88 Å². The maximum Gasteiger partial charge on any atom is 0.221 e. The average molecular weight is 107 g/mol. The van der Waals surface area contributed by atoms with Gasteiger partial charge < -0.3 is 4.74 Å². The predicted molar refractivity (Wildman–Crippen MR) is 28.5 cm³/mol. The van der Waals surface area contributed by atoms with E-state index in [0.717, 1.165) is 0 Å². The minimum atomic E-state index is 0.503. The number of methoxy groups -OCH3 is 1. The topological polar surface area (TPSA) is 22.1 Å². The fourth-order valence-corrected chi connectivity index (χ4v) is 0.385. The van der Waals surface area contributed by atoms with Crippen molar-refractivity contribution in [3.05, 3.63) is 24.4 Å². The van der Waals surface area contributed by atoms with Gasteiger partial charge in [-0.3, -0.25) is 0 Å². The molecule has 0 saturated heterocycles. The van der Waals surface area contributed by atoms with Crippen molar-refractivity contribution >= 4 is 0 Å². The van der Waals surface area contributed by atoms with Crippen LogP contribution in [-0.2, 0) is 0 Å². The first-order chi connectivity index (χ1) is 3.93. The van der Waals surface area contributed by atoms with Gasteiger partial charge in [0, 0.05) is 18.3 Å². The number of pyridine rings is 1. The maximum absolute atomic E-state index is 4.73. The van der Waals surface area contributed by atoms with E-state index in [2.05, 4.69) is 17.1 Å². The molecule has 0 N–H and O–H groups in total. The van der Waals surface area contributed by atoms with Crippen LogP contribution in [0.2, 0.25) is 0 Å². The first kappa shape index (κ1) is 5.09. The molecule has 0 aliphatic heterocycles. The number of hydrogen-bond donors (Lipinski definition) is 0. The summed E-state index contributed by atoms with van der Waals surface area (Å²) in [6.07, 6.45) is 1.54. The highest BCUT2D eigenvalue weighted by molar-refractivity contribution is 5.05. The highest BCUT2D eigenvalue weighted by atomic mass is 16.5. The zero-order valence-electron chi connectivity index (χ0n) is 4.51. The Bertz CT molecular complexity index is 150. The van der Waals surface area contributed by atoms with E-state index in [9.17, 15) is 0 Å². The molecule has 0 bridgehead atoms. The number of nitrogens with zero attached hydrogens (tertiary/aromatic N) is 1. The molecule has 1 heterocycles. The Morgan fingerprint density at radius 2 is 2.62 bits per heavy atom. The fraction of sp³-hybridized carbons (Fsp3) is 0.167. The van der Waals surface area contributed by atoms with Gasteiger partial charge in [0.2, 0.25) is 5.88 Å². The third kappa shape index (κ3) is 0.964. The molecule has 0 aromatic carbocycles. The van der Waals surface area contributed by atoms with Gasteiger partial charge in [-0.25, -0.2) is 4.98 Å². The smallest absolute Gasteiger partial charge is 0.221 e. The molecule has 0 aliphatic rings. The fourth-order valence-electron chi connectivity index (χ4n) is 0.385. The Morgan fingerprint density at radius 1 is 1.75 bits per heavy atom. The first-order valence-electron chi connectivity index (χ1n) is 2.21. The molecular formula is C6H5NO. The van der Waals surface area contributed by atoms with E-state index >= 15 is 0 Å². The molecule has 2 heteroatoms. The van der Waals surface area contributed by atoms with E-state index in [4.69, 9.17) is 4.74 Å². The second-order valence-corrected chi connectivity index (χ2v) is 1.22. The Kier molecular flexibility index (Phi) is 1.47. The van der Waals surface area contributed by atoms with Crippen molar-refractivity contribution in [2.24, 2.45) is 0 Å². The maximum atomic E-state index is 4.73. The van der Waals surface area contributed by atoms with Gasteiger partial charge in [-0.2, -0.15) is 0 Å². The molecule has 1 rings (SSSR count). The van der Waals surface area contributed by atoms with Crippen LogP contribution in [0.15, 0.2) is 12.3 Å². The lowest BCUT2D eigenvalue weighted by Gasteiger charge is -1.91. The Labute approximate surface area is 48.1 Å². The number of aromatic nitrogens is 1. The summed E-state index contributed by atoms with van der Waals surface area (Å²) in [7, 11) is 1.55. The van der Waals surface area contributed by atoms with E-state index in [1.165, 1.54) is 6.20 Å². The zero-order chi connectivity index (χ0) is 5.82. The third-order valence-electron chi connectivity index (χ3n) is 0.729. The molecule has 8 heavy (non-hydrogen) atoms. The lowest BCUT2D eigenvalue weighted by atomic mass is 10.5. The monoisotopic (exact) mass is 107 g/mol. The van der Waals surface area contributed by atoms with Crippen LogP contribution in [0.5, 0.6) is 5.88 Å². The number of rotatable bonds is 1. The lowest BCUT2D eigenvalue weighted by Crippen LogP contribution is -1.84. The molecule has 0 aliphatic carbocycles. The van der Waals surface area contributed by atoms with E-state index < -0.39 is 0 Å². The van der Waals surface area contributed by atoms with Crippen molar-refractivity contribution in [2.45, 2.75) is 0 Å². The van der Waals surface area contributed by atoms with Gasteiger partial charge in [0.05, 0.1) is 7.11 Å². The SMILES string of the molecule is COc1[c]c[c]cn1. The Balaban J connectivity index is 2.83. The summed E-state index contributed by atoms with van der Waals surface area (Å²) < 4.78 is 4.73. The van der Waals surface area contributed by atoms with Gasteiger partial charge in [0.25, 0.3) is 0 Å². The van der Waals surface area contributed by atoms with Crippen molar-refractivity contribution in [2.75, 3.05) is 7.11 Å². The molecule has 40 valence electrons. The van der Waals surface area contributed by atoms with Gasteiger partial charge in [-0.1, -0.05) is 0 Å². The van der Waals surface area contributed by atoms with Crippen LogP contribution >= 0.6 is 0 Å². The molecule has 2 nitrogen and oxygen atoms in total. The van der Waals surface area contributed by atoms with Gasteiger partial charge in [0.1, 0.15) is 0 Å². The van der Waals surface area contributed by atoms with Gasteiger partial charge >= 0.3 is 0 Å². The summed E-state index contributed by atoms with van der Waals surface area (Å²) >= 11 is 0. The van der Waals surface area contributed by atoms with Crippen molar-refractivity contribution in [3.63, 3.8) is 0 Å². The zero-order valence-corrected chi connectivity index (χ0v) is 4.51. The molecule has 0 saturated carbocycles. The molecule has 0 amide bonds. The summed E-state index contributed by atoms with van der Waals surface area (Å²) in [6, 6.07) is 7.08. The lowest BCUT2D eigenvalue weighted by molar-refractivity contribution is 0.397. The molecular weight excluding hydrogens is 102 g/mol. The van der Waals surface area contributed by atoms with E-state index in [-0.39, 0.29) is 0 Å². The quantitative estimate of drug-likeness (QED) is 0.526.